The first kappa shape index (κ1) is 10.9. The van der Waals surface area contributed by atoms with Crippen molar-refractivity contribution in [3.63, 3.8) is 0 Å². The molecule has 2 aromatic heterocycles. The molecule has 5 nitrogen and oxygen atoms in total. The van der Waals surface area contributed by atoms with E-state index in [-0.39, 0.29) is 6.61 Å². The number of fused-ring (bicyclic) bond motifs is 3. The lowest BCUT2D eigenvalue weighted by atomic mass is 10.2. The van der Waals surface area contributed by atoms with Gasteiger partial charge < -0.3 is 5.11 Å². The summed E-state index contributed by atoms with van der Waals surface area (Å²) in [5.74, 6) is 0. The number of aromatic nitrogens is 3. The molecule has 1 N–H and O–H groups in total. The van der Waals surface area contributed by atoms with Gasteiger partial charge >= 0.3 is 0 Å². The van der Waals surface area contributed by atoms with Crippen molar-refractivity contribution in [2.45, 2.75) is 0 Å². The van der Waals surface area contributed by atoms with Crippen LogP contribution in [0.25, 0.3) is 16.4 Å². The summed E-state index contributed by atoms with van der Waals surface area (Å²) in [5, 5.41) is 15.2. The first-order chi connectivity index (χ1) is 8.88. The Labute approximate surface area is 103 Å². The average Bonchev–Trinajstić information content (AvgIpc) is 2.45. The molecule has 2 heterocycles. The van der Waals surface area contributed by atoms with Crippen molar-refractivity contribution in [1.29, 1.82) is 0 Å². The highest BCUT2D eigenvalue weighted by atomic mass is 16.3. The molecule has 0 atom stereocenters. The van der Waals surface area contributed by atoms with Gasteiger partial charge in [0, 0.05) is 11.6 Å². The molecule has 0 aliphatic heterocycles. The zero-order valence-corrected chi connectivity index (χ0v) is 9.69. The lowest BCUT2D eigenvalue weighted by Gasteiger charge is -2.03. The van der Waals surface area contributed by atoms with Crippen molar-refractivity contribution in [3.8, 4) is 0 Å². The van der Waals surface area contributed by atoms with Gasteiger partial charge in [-0.2, -0.15) is 5.10 Å². The van der Waals surface area contributed by atoms with Gasteiger partial charge in [0.1, 0.15) is 0 Å². The third kappa shape index (κ3) is 1.84. The van der Waals surface area contributed by atoms with Gasteiger partial charge in [-0.05, 0) is 11.5 Å². The fourth-order valence-electron chi connectivity index (χ4n) is 1.89. The van der Waals surface area contributed by atoms with Crippen LogP contribution in [0.4, 0.5) is 0 Å². The summed E-state index contributed by atoms with van der Waals surface area (Å²) in [5.41, 5.74) is 1.31. The van der Waals surface area contributed by atoms with Crippen LogP contribution in [0.2, 0.25) is 0 Å². The molecule has 0 saturated carbocycles. The van der Waals surface area contributed by atoms with Crippen LogP contribution >= 0.6 is 0 Å². The van der Waals surface area contributed by atoms with Crippen molar-refractivity contribution in [2.75, 3.05) is 13.2 Å². The van der Waals surface area contributed by atoms with Gasteiger partial charge in [-0.25, -0.2) is 9.50 Å². The van der Waals surface area contributed by atoms with Crippen molar-refractivity contribution in [1.82, 2.24) is 14.6 Å². The molecule has 18 heavy (non-hydrogen) atoms. The quantitative estimate of drug-likeness (QED) is 0.673. The lowest BCUT2D eigenvalue weighted by Crippen LogP contribution is -2.14. The van der Waals surface area contributed by atoms with E-state index in [0.29, 0.717) is 12.0 Å². The molecule has 1 aromatic carbocycles. The number of nitrogens with zero attached hydrogens (tertiary/aromatic N) is 4. The Balaban J connectivity index is 2.33. The van der Waals surface area contributed by atoms with Crippen LogP contribution in [-0.2, 0) is 0 Å². The maximum atomic E-state index is 8.77. The summed E-state index contributed by atoms with van der Waals surface area (Å²) < 4.78 is 1.72. The normalized spacial score (nSPS) is 12.4. The summed E-state index contributed by atoms with van der Waals surface area (Å²) in [6.07, 6.45) is 3.47. The van der Waals surface area contributed by atoms with Crippen molar-refractivity contribution >= 4 is 16.4 Å². The number of aliphatic hydroxyl groups excluding tert-OH is 1. The van der Waals surface area contributed by atoms with E-state index in [2.05, 4.69) is 15.1 Å². The third-order valence-electron chi connectivity index (χ3n) is 2.71. The number of hydrogen-bond donors (Lipinski definition) is 1. The van der Waals surface area contributed by atoms with Crippen LogP contribution in [-0.4, -0.2) is 32.9 Å². The molecule has 3 aromatic rings. The minimum atomic E-state index is 0.0163. The highest BCUT2D eigenvalue weighted by Gasteiger charge is 2.00. The van der Waals surface area contributed by atoms with Gasteiger partial charge in [-0.15, -0.1) is 0 Å². The van der Waals surface area contributed by atoms with Crippen LogP contribution in [0.15, 0.2) is 47.7 Å². The maximum absolute atomic E-state index is 8.77. The molecule has 0 radical (unpaired) electrons. The van der Waals surface area contributed by atoms with Gasteiger partial charge in [0.05, 0.1) is 19.3 Å². The molecule has 0 aliphatic carbocycles. The zero-order chi connectivity index (χ0) is 12.4. The lowest BCUT2D eigenvalue weighted by molar-refractivity contribution is 0.305. The van der Waals surface area contributed by atoms with E-state index in [0.717, 1.165) is 16.4 Å². The predicted octanol–water partition coefficient (Wildman–Crippen LogP) is 0.775. The van der Waals surface area contributed by atoms with E-state index in [1.807, 2.05) is 36.5 Å². The summed E-state index contributed by atoms with van der Waals surface area (Å²) in [4.78, 5) is 8.61. The second-order valence-electron chi connectivity index (χ2n) is 3.89. The second-order valence-corrected chi connectivity index (χ2v) is 3.89. The van der Waals surface area contributed by atoms with Crippen LogP contribution < -0.4 is 5.49 Å². The molecule has 0 saturated heterocycles. The molecule has 0 fully saturated rings. The van der Waals surface area contributed by atoms with Crippen molar-refractivity contribution in [2.24, 2.45) is 4.99 Å². The van der Waals surface area contributed by atoms with E-state index in [1.165, 1.54) is 0 Å². The zero-order valence-electron chi connectivity index (χ0n) is 9.69. The largest absolute Gasteiger partial charge is 0.394 e. The summed E-state index contributed by atoms with van der Waals surface area (Å²) in [6, 6.07) is 10.0. The maximum Gasteiger partial charge on any atom is 0.170 e. The van der Waals surface area contributed by atoms with Crippen LogP contribution in [0, 0.1) is 0 Å². The number of benzene rings is 1. The molecule has 5 heteroatoms. The standard InChI is InChI=1S/C13H12N4O/c18-8-6-14-12-9-15-17-7-5-10-3-1-2-4-11(10)13(17)16-12/h1-5,7,9,18H,6,8H2. The monoisotopic (exact) mass is 240 g/mol. The van der Waals surface area contributed by atoms with E-state index in [9.17, 15) is 0 Å². The van der Waals surface area contributed by atoms with Gasteiger partial charge in [0.15, 0.2) is 11.1 Å². The summed E-state index contributed by atoms with van der Waals surface area (Å²) in [7, 11) is 0. The summed E-state index contributed by atoms with van der Waals surface area (Å²) in [6.45, 7) is 0.359. The van der Waals surface area contributed by atoms with E-state index >= 15 is 0 Å². The van der Waals surface area contributed by atoms with Gasteiger partial charge in [-0.3, -0.25) is 4.99 Å². The Bertz CT molecular complexity index is 763. The summed E-state index contributed by atoms with van der Waals surface area (Å²) >= 11 is 0. The molecule has 0 amide bonds. The van der Waals surface area contributed by atoms with Crippen LogP contribution in [0.5, 0.6) is 0 Å². The molecule has 0 aliphatic rings. The SMILES string of the molecule is OCCN=c1cnn2ccc3ccccc3c2n1. The van der Waals surface area contributed by atoms with Gasteiger partial charge in [-0.1, -0.05) is 24.3 Å². The van der Waals surface area contributed by atoms with Crippen LogP contribution in [0.1, 0.15) is 0 Å². The van der Waals surface area contributed by atoms with E-state index < -0.39 is 0 Å². The van der Waals surface area contributed by atoms with E-state index in [1.54, 1.807) is 10.7 Å². The molecule has 0 bridgehead atoms. The number of aliphatic hydroxyl groups is 1. The van der Waals surface area contributed by atoms with E-state index in [4.69, 9.17) is 5.11 Å². The first-order valence-electron chi connectivity index (χ1n) is 5.73. The molecular weight excluding hydrogens is 228 g/mol. The highest BCUT2D eigenvalue weighted by molar-refractivity contribution is 5.93. The Morgan fingerprint density at radius 2 is 2.11 bits per heavy atom. The Morgan fingerprint density at radius 1 is 1.22 bits per heavy atom. The Kier molecular flexibility index (Phi) is 2.74. The fraction of sp³-hybridized carbons (Fsp3) is 0.154. The number of rotatable bonds is 2. The minimum Gasteiger partial charge on any atom is -0.394 e. The molecule has 90 valence electrons. The third-order valence-corrected chi connectivity index (χ3v) is 2.71. The Morgan fingerprint density at radius 3 is 3.00 bits per heavy atom. The Hall–Kier alpha value is -2.27. The fourth-order valence-corrected chi connectivity index (χ4v) is 1.89. The van der Waals surface area contributed by atoms with Crippen LogP contribution in [0.3, 0.4) is 0 Å². The number of hydrogen-bond acceptors (Lipinski definition) is 4. The van der Waals surface area contributed by atoms with Crippen molar-refractivity contribution in [3.05, 3.63) is 48.2 Å². The molecule has 0 unspecified atom stereocenters. The minimum absolute atomic E-state index is 0.0163. The predicted molar refractivity (Wildman–Crippen MR) is 68.0 cm³/mol. The van der Waals surface area contributed by atoms with Gasteiger partial charge in [0.25, 0.3) is 0 Å². The van der Waals surface area contributed by atoms with Gasteiger partial charge in [0.2, 0.25) is 0 Å². The first-order valence-corrected chi connectivity index (χ1v) is 5.73. The average molecular weight is 240 g/mol. The smallest absolute Gasteiger partial charge is 0.170 e. The second kappa shape index (κ2) is 4.54. The molecule has 3 rings (SSSR count). The number of pyridine rings is 1. The highest BCUT2D eigenvalue weighted by Crippen LogP contribution is 2.15. The molecule has 0 spiro atoms. The topological polar surface area (TPSA) is 62.8 Å². The van der Waals surface area contributed by atoms with Crippen molar-refractivity contribution < 1.29 is 5.11 Å². The molecular formula is C13H12N4O.